The summed E-state index contributed by atoms with van der Waals surface area (Å²) >= 11 is 0. The topological polar surface area (TPSA) is 78.3 Å². The lowest BCUT2D eigenvalue weighted by Crippen LogP contribution is -2.41. The van der Waals surface area contributed by atoms with Crippen LogP contribution in [0, 0.1) is 17.5 Å². The first-order valence-corrected chi connectivity index (χ1v) is 11.8. The number of nitrogens with zero attached hydrogens (tertiary/aromatic N) is 3. The Kier molecular flexibility index (Phi) is 10.0. The SMILES string of the molecule is C/C=C/N(C=NC)c1ccc(/C=C/C2=NCCCCNC(c3cc(F)c(F)c(F)c3)C(=O)N2)cc1OC. The van der Waals surface area contributed by atoms with E-state index in [0.717, 1.165) is 29.8 Å². The van der Waals surface area contributed by atoms with Crippen molar-refractivity contribution < 1.29 is 22.7 Å². The van der Waals surface area contributed by atoms with E-state index in [1.54, 1.807) is 32.6 Å². The van der Waals surface area contributed by atoms with Gasteiger partial charge in [0.15, 0.2) is 17.5 Å². The Morgan fingerprint density at radius 3 is 2.57 bits per heavy atom. The van der Waals surface area contributed by atoms with E-state index in [1.807, 2.05) is 42.3 Å². The zero-order chi connectivity index (χ0) is 26.8. The number of methoxy groups -OCH3 is 1. The van der Waals surface area contributed by atoms with Gasteiger partial charge in [-0.2, -0.15) is 0 Å². The maximum Gasteiger partial charge on any atom is 0.247 e. The molecule has 0 saturated carbocycles. The number of halogens is 3. The third-order valence-corrected chi connectivity index (χ3v) is 5.53. The Morgan fingerprint density at radius 2 is 1.89 bits per heavy atom. The molecule has 1 amide bonds. The van der Waals surface area contributed by atoms with Gasteiger partial charge in [-0.1, -0.05) is 18.2 Å². The number of benzene rings is 2. The molecule has 10 heteroatoms. The third-order valence-electron chi connectivity index (χ3n) is 5.53. The number of allylic oxidation sites excluding steroid dienone is 1. The highest BCUT2D eigenvalue weighted by atomic mass is 19.2. The molecule has 3 rings (SSSR count). The van der Waals surface area contributed by atoms with E-state index >= 15 is 0 Å². The lowest BCUT2D eigenvalue weighted by Gasteiger charge is -2.20. The molecule has 37 heavy (non-hydrogen) atoms. The molecule has 2 aromatic carbocycles. The number of nitrogens with one attached hydrogen (secondary N) is 2. The number of carbonyl (C=O) groups excluding carboxylic acids is 1. The minimum Gasteiger partial charge on any atom is -0.495 e. The van der Waals surface area contributed by atoms with Crippen LogP contribution in [0.2, 0.25) is 0 Å². The number of anilines is 1. The zero-order valence-electron chi connectivity index (χ0n) is 21.0. The molecule has 2 aromatic rings. The first-order chi connectivity index (χ1) is 17.9. The highest BCUT2D eigenvalue weighted by Crippen LogP contribution is 2.29. The molecule has 0 radical (unpaired) electrons. The van der Waals surface area contributed by atoms with Crippen molar-refractivity contribution in [1.82, 2.24) is 10.6 Å². The number of amides is 1. The van der Waals surface area contributed by atoms with Crippen LogP contribution in [0.3, 0.4) is 0 Å². The summed E-state index contributed by atoms with van der Waals surface area (Å²) in [6.07, 6.45) is 10.3. The maximum atomic E-state index is 13.8. The van der Waals surface area contributed by atoms with E-state index in [0.29, 0.717) is 31.1 Å². The van der Waals surface area contributed by atoms with Crippen LogP contribution in [0.4, 0.5) is 18.9 Å². The van der Waals surface area contributed by atoms with Gasteiger partial charge in [-0.3, -0.25) is 14.8 Å². The number of carbonyl (C=O) groups is 1. The standard InChI is InChI=1S/C27H30F3N5O2/c1-4-13-35(17-31-2)22-9-7-18(14-23(22)37-3)8-10-24-32-11-5-6-12-33-26(27(36)34-24)19-15-20(28)25(30)21(29)16-19/h4,7-10,13-17,26,33H,5-6,11-12H2,1-3H3,(H,32,34,36)/b10-8+,13-4+,31-17?. The van der Waals surface area contributed by atoms with Gasteiger partial charge in [-0.15, -0.1) is 0 Å². The van der Waals surface area contributed by atoms with E-state index in [9.17, 15) is 18.0 Å². The monoisotopic (exact) mass is 513 g/mol. The normalized spacial score (nSPS) is 17.3. The number of hydrogen-bond donors (Lipinski definition) is 2. The first-order valence-electron chi connectivity index (χ1n) is 11.8. The van der Waals surface area contributed by atoms with E-state index in [4.69, 9.17) is 4.74 Å². The van der Waals surface area contributed by atoms with Crippen LogP contribution in [0.5, 0.6) is 5.75 Å². The summed E-state index contributed by atoms with van der Waals surface area (Å²) in [5.74, 6) is -3.95. The minimum absolute atomic E-state index is 0.0144. The van der Waals surface area contributed by atoms with Gasteiger partial charge in [-0.05, 0) is 67.8 Å². The number of hydrogen-bond acceptors (Lipinski definition) is 5. The van der Waals surface area contributed by atoms with Crippen LogP contribution in [-0.4, -0.2) is 45.3 Å². The lowest BCUT2D eigenvalue weighted by atomic mass is 10.0. The van der Waals surface area contributed by atoms with Crippen LogP contribution >= 0.6 is 0 Å². The van der Waals surface area contributed by atoms with Crippen LogP contribution in [0.25, 0.3) is 6.08 Å². The van der Waals surface area contributed by atoms with Crippen LogP contribution in [0.1, 0.15) is 36.9 Å². The van der Waals surface area contributed by atoms with Crippen molar-refractivity contribution in [1.29, 1.82) is 0 Å². The molecule has 0 aromatic heterocycles. The summed E-state index contributed by atoms with van der Waals surface area (Å²) in [5.41, 5.74) is 1.57. The van der Waals surface area contributed by atoms with Gasteiger partial charge in [0.2, 0.25) is 5.91 Å². The van der Waals surface area contributed by atoms with Crippen molar-refractivity contribution >= 4 is 29.8 Å². The molecular formula is C27H30F3N5O2. The van der Waals surface area contributed by atoms with Crippen molar-refractivity contribution in [3.8, 4) is 5.75 Å². The van der Waals surface area contributed by atoms with Crippen molar-refractivity contribution in [2.45, 2.75) is 25.8 Å². The fraction of sp³-hybridized carbons (Fsp3) is 0.296. The van der Waals surface area contributed by atoms with Crippen LogP contribution in [0.15, 0.2) is 58.7 Å². The number of rotatable bonds is 7. The summed E-state index contributed by atoms with van der Waals surface area (Å²) in [6.45, 7) is 2.82. The van der Waals surface area contributed by atoms with Gasteiger partial charge in [0.1, 0.15) is 17.6 Å². The molecule has 0 saturated heterocycles. The van der Waals surface area contributed by atoms with E-state index in [1.165, 1.54) is 0 Å². The summed E-state index contributed by atoms with van der Waals surface area (Å²) < 4.78 is 46.7. The lowest BCUT2D eigenvalue weighted by molar-refractivity contribution is -0.121. The van der Waals surface area contributed by atoms with E-state index < -0.39 is 29.4 Å². The molecule has 196 valence electrons. The molecule has 1 unspecified atom stereocenters. The third kappa shape index (κ3) is 7.29. The van der Waals surface area contributed by atoms with E-state index in [-0.39, 0.29) is 5.56 Å². The Balaban J connectivity index is 1.85. The van der Waals surface area contributed by atoms with Gasteiger partial charge >= 0.3 is 0 Å². The number of ether oxygens (including phenoxy) is 1. The van der Waals surface area contributed by atoms with Gasteiger partial charge < -0.3 is 20.3 Å². The maximum absolute atomic E-state index is 13.8. The summed E-state index contributed by atoms with van der Waals surface area (Å²) in [6, 6.07) is 6.16. The van der Waals surface area contributed by atoms with Gasteiger partial charge in [-0.25, -0.2) is 13.2 Å². The largest absolute Gasteiger partial charge is 0.495 e. The second-order valence-corrected chi connectivity index (χ2v) is 8.18. The quantitative estimate of drug-likeness (QED) is 0.318. The molecule has 1 aliphatic rings. The Hall–Kier alpha value is -3.92. The summed E-state index contributed by atoms with van der Waals surface area (Å²) in [5, 5.41) is 5.70. The predicted octanol–water partition coefficient (Wildman–Crippen LogP) is 4.76. The zero-order valence-corrected chi connectivity index (χ0v) is 21.0. The van der Waals surface area contributed by atoms with Gasteiger partial charge in [0, 0.05) is 19.8 Å². The molecule has 0 aliphatic carbocycles. The predicted molar refractivity (Wildman–Crippen MR) is 140 cm³/mol. The van der Waals surface area contributed by atoms with Crippen molar-refractivity contribution in [3.63, 3.8) is 0 Å². The second kappa shape index (κ2) is 13.4. The number of aliphatic imine (C=N–C) groups is 2. The van der Waals surface area contributed by atoms with Crippen LogP contribution < -0.4 is 20.3 Å². The Morgan fingerprint density at radius 1 is 1.14 bits per heavy atom. The highest BCUT2D eigenvalue weighted by Gasteiger charge is 2.24. The average Bonchev–Trinajstić information content (AvgIpc) is 2.89. The fourth-order valence-corrected chi connectivity index (χ4v) is 3.77. The fourth-order valence-electron chi connectivity index (χ4n) is 3.77. The van der Waals surface area contributed by atoms with E-state index in [2.05, 4.69) is 20.6 Å². The minimum atomic E-state index is -1.58. The molecule has 0 fully saturated rings. The van der Waals surface area contributed by atoms with Gasteiger partial charge in [0.05, 0.1) is 19.1 Å². The second-order valence-electron chi connectivity index (χ2n) is 8.18. The van der Waals surface area contributed by atoms with Crippen molar-refractivity contribution in [2.75, 3.05) is 32.1 Å². The highest BCUT2D eigenvalue weighted by molar-refractivity contribution is 6.07. The molecule has 0 bridgehead atoms. The molecule has 1 heterocycles. The average molecular weight is 514 g/mol. The smallest absolute Gasteiger partial charge is 0.247 e. The van der Waals surface area contributed by atoms with Crippen molar-refractivity contribution in [2.24, 2.45) is 9.98 Å². The molecule has 1 atom stereocenters. The number of amidine groups is 1. The molecule has 1 aliphatic heterocycles. The van der Waals surface area contributed by atoms with Crippen molar-refractivity contribution in [3.05, 3.63) is 77.3 Å². The molecule has 0 spiro atoms. The van der Waals surface area contributed by atoms with Gasteiger partial charge in [0.25, 0.3) is 0 Å². The first kappa shape index (κ1) is 27.7. The Labute approximate surface area is 214 Å². The molecular weight excluding hydrogens is 483 g/mol. The molecule has 2 N–H and O–H groups in total. The summed E-state index contributed by atoms with van der Waals surface area (Å²) in [4.78, 5) is 23.4. The Bertz CT molecular complexity index is 1190. The van der Waals surface area contributed by atoms with Crippen LogP contribution in [-0.2, 0) is 4.79 Å². The summed E-state index contributed by atoms with van der Waals surface area (Å²) in [7, 11) is 3.25. The molecule has 7 nitrogen and oxygen atoms in total.